The normalized spacial score (nSPS) is 18.5. The maximum absolute atomic E-state index is 14.1. The fourth-order valence-electron chi connectivity index (χ4n) is 9.40. The van der Waals surface area contributed by atoms with Gasteiger partial charge in [-0.15, -0.1) is 0 Å². The number of benzene rings is 2. The summed E-state index contributed by atoms with van der Waals surface area (Å²) in [5.41, 5.74) is 20.6. The van der Waals surface area contributed by atoms with Gasteiger partial charge in [0.15, 0.2) is 5.78 Å². The second kappa shape index (κ2) is 16.7. The number of ketones is 1. The molecule has 0 bridgehead atoms. The number of aryl methyl sites for hydroxylation is 3. The second-order valence-corrected chi connectivity index (χ2v) is 18.1. The topological polar surface area (TPSA) is 195 Å². The molecule has 60 heavy (non-hydrogen) atoms. The first-order chi connectivity index (χ1) is 28.5. The summed E-state index contributed by atoms with van der Waals surface area (Å²) in [6.07, 6.45) is 6.16. The van der Waals surface area contributed by atoms with Crippen LogP contribution >= 0.6 is 0 Å². The van der Waals surface area contributed by atoms with E-state index in [0.29, 0.717) is 94.7 Å². The maximum Gasteiger partial charge on any atom is 0.237 e. The van der Waals surface area contributed by atoms with E-state index in [1.54, 1.807) is 24.1 Å². The Morgan fingerprint density at radius 1 is 1.02 bits per heavy atom. The lowest BCUT2D eigenvalue weighted by molar-refractivity contribution is -0.131. The van der Waals surface area contributed by atoms with Gasteiger partial charge in [-0.2, -0.15) is 5.26 Å². The van der Waals surface area contributed by atoms with Crippen molar-refractivity contribution in [1.82, 2.24) is 25.1 Å². The average Bonchev–Trinajstić information content (AvgIpc) is 3.77. The smallest absolute Gasteiger partial charge is 0.237 e. The van der Waals surface area contributed by atoms with Gasteiger partial charge in [0.2, 0.25) is 17.7 Å². The first-order valence-electron chi connectivity index (χ1n) is 21.4. The number of nitrogen functional groups attached to an aromatic ring is 1. The molecule has 3 aliphatic rings. The molecule has 13 heteroatoms. The number of anilines is 2. The van der Waals surface area contributed by atoms with Gasteiger partial charge in [-0.25, -0.2) is 4.98 Å². The highest BCUT2D eigenvalue weighted by Gasteiger charge is 2.42. The number of nitrogens with one attached hydrogen (secondary N) is 2. The highest BCUT2D eigenvalue weighted by molar-refractivity contribution is 6.20. The Labute approximate surface area is 352 Å². The minimum Gasteiger partial charge on any atom is -0.383 e. The molecule has 6 N–H and O–H groups in total. The number of H-pyrrole nitrogens is 1. The van der Waals surface area contributed by atoms with E-state index in [9.17, 15) is 24.4 Å². The first kappa shape index (κ1) is 42.4. The Morgan fingerprint density at radius 2 is 1.77 bits per heavy atom. The van der Waals surface area contributed by atoms with Crippen molar-refractivity contribution in [2.75, 3.05) is 49.9 Å². The van der Waals surface area contributed by atoms with Crippen LogP contribution in [0.1, 0.15) is 117 Å². The predicted octanol–water partition coefficient (Wildman–Crippen LogP) is 5.14. The maximum atomic E-state index is 14.1. The van der Waals surface area contributed by atoms with Crippen LogP contribution in [0.3, 0.4) is 0 Å². The predicted molar refractivity (Wildman–Crippen MR) is 234 cm³/mol. The molecule has 2 atom stereocenters. The molecule has 2 saturated heterocycles. The van der Waals surface area contributed by atoms with E-state index in [1.807, 2.05) is 30.9 Å². The van der Waals surface area contributed by atoms with Crippen LogP contribution in [-0.4, -0.2) is 94.6 Å². The molecule has 2 aromatic carbocycles. The van der Waals surface area contributed by atoms with Crippen molar-refractivity contribution >= 4 is 45.9 Å². The van der Waals surface area contributed by atoms with Crippen molar-refractivity contribution in [1.29, 1.82) is 5.26 Å². The molecule has 4 heterocycles. The molecule has 4 aromatic rings. The summed E-state index contributed by atoms with van der Waals surface area (Å²) in [5.74, 6) is 0.397. The number of hydrogen-bond donors (Lipinski definition) is 4. The lowest BCUT2D eigenvalue weighted by atomic mass is 9.70. The number of carbonyl (C=O) groups is 4. The number of nitrogens with zero attached hydrogens (tertiary/aromatic N) is 5. The quantitative estimate of drug-likeness (QED) is 0.150. The third kappa shape index (κ3) is 8.22. The van der Waals surface area contributed by atoms with Gasteiger partial charge in [0.25, 0.3) is 0 Å². The second-order valence-electron chi connectivity index (χ2n) is 18.1. The Hall–Kier alpha value is -5.74. The lowest BCUT2D eigenvalue weighted by Gasteiger charge is -2.39. The summed E-state index contributed by atoms with van der Waals surface area (Å²) in [6, 6.07) is 13.2. The minimum atomic E-state index is -0.669. The van der Waals surface area contributed by atoms with Crippen molar-refractivity contribution in [2.45, 2.75) is 104 Å². The van der Waals surface area contributed by atoms with Gasteiger partial charge in [-0.05, 0) is 85.0 Å². The van der Waals surface area contributed by atoms with Crippen molar-refractivity contribution in [2.24, 2.45) is 11.1 Å². The molecular formula is C47H59N9O4. The van der Waals surface area contributed by atoms with Gasteiger partial charge in [0.05, 0.1) is 29.3 Å². The average molecular weight is 814 g/mol. The van der Waals surface area contributed by atoms with Gasteiger partial charge < -0.3 is 36.5 Å². The highest BCUT2D eigenvalue weighted by atomic mass is 16.2. The third-order valence-corrected chi connectivity index (χ3v) is 13.2. The van der Waals surface area contributed by atoms with Gasteiger partial charge in [-0.1, -0.05) is 46.8 Å². The molecule has 2 aliphatic heterocycles. The number of carbonyl (C=O) groups excluding carboxylic acids is 4. The van der Waals surface area contributed by atoms with E-state index in [4.69, 9.17) is 11.5 Å². The van der Waals surface area contributed by atoms with E-state index >= 15 is 0 Å². The SMILES string of the molecule is CCc1cc2c(cc1N1CCN(C(=O)CCCc3cnc(N)c(CCC[C@H](N)C(=O)N[C@H]4CN(C(C)=O)CC4(C)C)c3)CC1)C(C)(C)c1[nH]c3cc(C#N)ccc3c1C2=O. The molecule has 3 amide bonds. The van der Waals surface area contributed by atoms with Crippen LogP contribution in [0.25, 0.3) is 10.9 Å². The number of rotatable bonds is 12. The van der Waals surface area contributed by atoms with E-state index in [1.165, 1.54) is 0 Å². The standard InChI is InChI=1S/C47H59N9O4/c1-7-31-22-34-35(47(5,6)43-41(42(34)59)33-15-14-29(24-48)21-37(33)52-43)23-38(31)54-16-18-55(19-17-54)40(58)13-8-10-30-20-32(44(50)51-25-30)11-9-12-36(49)45(60)53-39-26-56(28(2)57)27-46(39,3)4/h14-15,20-23,25,36,39,52H,7-13,16-19,26-27,49H2,1-6H3,(H2,50,51)(H,53,60)/t36-,39-/m0/s1. The van der Waals surface area contributed by atoms with Crippen molar-refractivity contribution in [3.63, 3.8) is 0 Å². The monoisotopic (exact) mass is 813 g/mol. The highest BCUT2D eigenvalue weighted by Crippen LogP contribution is 2.46. The fourth-order valence-corrected chi connectivity index (χ4v) is 9.40. The Morgan fingerprint density at radius 3 is 2.45 bits per heavy atom. The number of nitrogens with two attached hydrogens (primary N) is 2. The minimum absolute atomic E-state index is 0.00196. The van der Waals surface area contributed by atoms with Gasteiger partial charge in [0, 0.05) is 97.5 Å². The Kier molecular flexibility index (Phi) is 11.8. The number of aromatic amines is 1. The number of likely N-dealkylation sites (tertiary alicyclic amines) is 1. The molecule has 7 rings (SSSR count). The molecule has 1 aliphatic carbocycles. The summed E-state index contributed by atoms with van der Waals surface area (Å²) in [7, 11) is 0. The van der Waals surface area contributed by atoms with E-state index in [2.05, 4.69) is 65.2 Å². The Bertz CT molecular complexity index is 2380. The first-order valence-corrected chi connectivity index (χ1v) is 21.4. The van der Waals surface area contributed by atoms with E-state index in [0.717, 1.165) is 56.5 Å². The number of amides is 3. The van der Waals surface area contributed by atoms with E-state index in [-0.39, 0.29) is 35.0 Å². The molecule has 316 valence electrons. The molecule has 0 saturated carbocycles. The zero-order valence-corrected chi connectivity index (χ0v) is 35.9. The van der Waals surface area contributed by atoms with Crippen LogP contribution in [0.2, 0.25) is 0 Å². The molecule has 0 radical (unpaired) electrons. The summed E-state index contributed by atoms with van der Waals surface area (Å²) in [5, 5.41) is 13.4. The zero-order chi connectivity index (χ0) is 43.1. The third-order valence-electron chi connectivity index (χ3n) is 13.2. The number of pyridine rings is 1. The van der Waals surface area contributed by atoms with Crippen LogP contribution in [0, 0.1) is 16.7 Å². The molecule has 0 unspecified atom stereocenters. The number of fused-ring (bicyclic) bond motifs is 4. The molecule has 2 fully saturated rings. The number of aromatic nitrogens is 2. The molecule has 2 aromatic heterocycles. The summed E-state index contributed by atoms with van der Waals surface area (Å²) in [6.45, 7) is 15.8. The number of nitriles is 1. The van der Waals surface area contributed by atoms with Gasteiger partial charge >= 0.3 is 0 Å². The van der Waals surface area contributed by atoms with Crippen molar-refractivity contribution in [3.8, 4) is 6.07 Å². The fraction of sp³-hybridized carbons (Fsp3) is 0.489. The molecular weight excluding hydrogens is 755 g/mol. The van der Waals surface area contributed by atoms with E-state index < -0.39 is 11.5 Å². The van der Waals surface area contributed by atoms with Crippen molar-refractivity contribution < 1.29 is 19.2 Å². The molecule has 13 nitrogen and oxygen atoms in total. The summed E-state index contributed by atoms with van der Waals surface area (Å²) < 4.78 is 0. The zero-order valence-electron chi connectivity index (χ0n) is 35.9. The number of hydrogen-bond acceptors (Lipinski definition) is 9. The Balaban J connectivity index is 0.905. The summed E-state index contributed by atoms with van der Waals surface area (Å²) >= 11 is 0. The van der Waals surface area contributed by atoms with Crippen LogP contribution in [0.5, 0.6) is 0 Å². The van der Waals surface area contributed by atoms with Gasteiger partial charge in [0.1, 0.15) is 5.82 Å². The largest absolute Gasteiger partial charge is 0.383 e. The van der Waals surface area contributed by atoms with Crippen LogP contribution in [0.4, 0.5) is 11.5 Å². The summed E-state index contributed by atoms with van der Waals surface area (Å²) in [4.78, 5) is 66.3. The van der Waals surface area contributed by atoms with Crippen molar-refractivity contribution in [3.05, 3.63) is 87.2 Å². The van der Waals surface area contributed by atoms with Crippen LogP contribution in [0.15, 0.2) is 42.6 Å². The molecule has 0 spiro atoms. The lowest BCUT2D eigenvalue weighted by Crippen LogP contribution is -2.50. The van der Waals surface area contributed by atoms with Gasteiger partial charge in [-0.3, -0.25) is 19.2 Å². The van der Waals surface area contributed by atoms with Crippen LogP contribution in [-0.2, 0) is 39.1 Å². The van der Waals surface area contributed by atoms with Crippen LogP contribution < -0.4 is 21.7 Å². The number of piperazine rings is 1.